The Balaban J connectivity index is 1.92. The molecule has 1 aromatic carbocycles. The second-order valence-corrected chi connectivity index (χ2v) is 5.34. The Bertz CT molecular complexity index is 534. The van der Waals surface area contributed by atoms with Gasteiger partial charge in [0.2, 0.25) is 0 Å². The molecule has 3 nitrogen and oxygen atoms in total. The number of aryl methyl sites for hydroxylation is 3. The zero-order chi connectivity index (χ0) is 13.8. The van der Waals surface area contributed by atoms with Gasteiger partial charge in [-0.05, 0) is 25.3 Å². The highest BCUT2D eigenvalue weighted by Gasteiger charge is 2.14. The maximum atomic E-state index is 6.24. The molecule has 1 heterocycles. The number of halogens is 1. The van der Waals surface area contributed by atoms with Crippen LogP contribution in [-0.2, 0) is 19.9 Å². The van der Waals surface area contributed by atoms with Crippen LogP contribution < -0.4 is 5.73 Å². The minimum atomic E-state index is 0.104. The number of nitrogens with zero attached hydrogens (tertiary/aromatic N) is 2. The second-order valence-electron chi connectivity index (χ2n) is 4.96. The summed E-state index contributed by atoms with van der Waals surface area (Å²) in [7, 11) is 1.91. The lowest BCUT2D eigenvalue weighted by molar-refractivity contribution is 0.578. The third-order valence-corrected chi connectivity index (χ3v) is 3.86. The molecular formula is C15H20ClN3. The van der Waals surface area contributed by atoms with E-state index in [4.69, 9.17) is 17.3 Å². The van der Waals surface area contributed by atoms with E-state index in [0.29, 0.717) is 0 Å². The fraction of sp³-hybridized carbons (Fsp3) is 0.400. The molecule has 0 aliphatic heterocycles. The Morgan fingerprint density at radius 1 is 1.32 bits per heavy atom. The number of hydrogen-bond donors (Lipinski definition) is 1. The number of nitrogens with two attached hydrogens (primary N) is 1. The number of benzene rings is 1. The maximum absolute atomic E-state index is 6.24. The minimum absolute atomic E-state index is 0.104. The van der Waals surface area contributed by atoms with Gasteiger partial charge in [-0.2, -0.15) is 5.10 Å². The van der Waals surface area contributed by atoms with Gasteiger partial charge in [0.15, 0.2) is 0 Å². The average Bonchev–Trinajstić information content (AvgIpc) is 2.64. The predicted molar refractivity (Wildman–Crippen MR) is 79.4 cm³/mol. The first kappa shape index (κ1) is 14.1. The standard InChI is InChI=1S/C15H20ClN3/c1-11-15(16)14(19(2)18-11)10-13(17)9-8-12-6-4-3-5-7-12/h3-7,13H,8-10,17H2,1-2H3. The lowest BCUT2D eigenvalue weighted by Gasteiger charge is -2.12. The summed E-state index contributed by atoms with van der Waals surface area (Å²) in [4.78, 5) is 0. The predicted octanol–water partition coefficient (Wildman–Crippen LogP) is 2.88. The molecule has 19 heavy (non-hydrogen) atoms. The molecule has 0 aliphatic carbocycles. The molecule has 0 saturated carbocycles. The van der Waals surface area contributed by atoms with Gasteiger partial charge >= 0.3 is 0 Å². The Morgan fingerprint density at radius 3 is 2.58 bits per heavy atom. The van der Waals surface area contributed by atoms with Crippen LogP contribution in [0.3, 0.4) is 0 Å². The topological polar surface area (TPSA) is 43.8 Å². The normalized spacial score (nSPS) is 12.6. The lowest BCUT2D eigenvalue weighted by Crippen LogP contribution is -2.25. The van der Waals surface area contributed by atoms with Crippen LogP contribution in [0.1, 0.15) is 23.4 Å². The fourth-order valence-corrected chi connectivity index (χ4v) is 2.49. The van der Waals surface area contributed by atoms with Crippen LogP contribution in [-0.4, -0.2) is 15.8 Å². The maximum Gasteiger partial charge on any atom is 0.0847 e. The van der Waals surface area contributed by atoms with Crippen molar-refractivity contribution in [1.29, 1.82) is 0 Å². The number of rotatable bonds is 5. The molecule has 0 aliphatic rings. The lowest BCUT2D eigenvalue weighted by atomic mass is 10.0. The van der Waals surface area contributed by atoms with E-state index in [1.165, 1.54) is 5.56 Å². The summed E-state index contributed by atoms with van der Waals surface area (Å²) in [6, 6.07) is 10.5. The van der Waals surface area contributed by atoms with Crippen LogP contribution in [0.15, 0.2) is 30.3 Å². The van der Waals surface area contributed by atoms with Crippen molar-refractivity contribution < 1.29 is 0 Å². The highest BCUT2D eigenvalue weighted by molar-refractivity contribution is 6.31. The summed E-state index contributed by atoms with van der Waals surface area (Å²) in [5.74, 6) is 0. The van der Waals surface area contributed by atoms with Crippen molar-refractivity contribution in [3.05, 3.63) is 52.3 Å². The van der Waals surface area contributed by atoms with Gasteiger partial charge < -0.3 is 5.73 Å². The largest absolute Gasteiger partial charge is 0.327 e. The Hall–Kier alpha value is -1.32. The minimum Gasteiger partial charge on any atom is -0.327 e. The zero-order valence-corrected chi connectivity index (χ0v) is 12.2. The Labute approximate surface area is 119 Å². The van der Waals surface area contributed by atoms with Crippen molar-refractivity contribution in [1.82, 2.24) is 9.78 Å². The van der Waals surface area contributed by atoms with Gasteiger partial charge in [-0.15, -0.1) is 0 Å². The molecule has 0 bridgehead atoms. The summed E-state index contributed by atoms with van der Waals surface area (Å²) in [6.45, 7) is 1.92. The van der Waals surface area contributed by atoms with Crippen LogP contribution >= 0.6 is 11.6 Å². The first-order valence-electron chi connectivity index (χ1n) is 6.55. The molecule has 0 fully saturated rings. The molecule has 102 valence electrons. The van der Waals surface area contributed by atoms with Gasteiger partial charge in [0.05, 0.1) is 16.4 Å². The first-order chi connectivity index (χ1) is 9.08. The first-order valence-corrected chi connectivity index (χ1v) is 6.93. The quantitative estimate of drug-likeness (QED) is 0.913. The van der Waals surface area contributed by atoms with Gasteiger partial charge in [-0.25, -0.2) is 0 Å². The van der Waals surface area contributed by atoms with Crippen molar-refractivity contribution >= 4 is 11.6 Å². The number of hydrogen-bond acceptors (Lipinski definition) is 2. The van der Waals surface area contributed by atoms with E-state index in [-0.39, 0.29) is 6.04 Å². The SMILES string of the molecule is Cc1nn(C)c(CC(N)CCc2ccccc2)c1Cl. The average molecular weight is 278 g/mol. The summed E-state index contributed by atoms with van der Waals surface area (Å²) in [5.41, 5.74) is 9.42. The zero-order valence-electron chi connectivity index (χ0n) is 11.4. The molecule has 0 amide bonds. The van der Waals surface area contributed by atoms with Crippen molar-refractivity contribution in [2.24, 2.45) is 12.8 Å². The molecule has 1 aromatic heterocycles. The molecule has 0 saturated heterocycles. The molecule has 1 atom stereocenters. The summed E-state index contributed by atoms with van der Waals surface area (Å²) < 4.78 is 1.83. The van der Waals surface area contributed by atoms with Crippen LogP contribution in [0.25, 0.3) is 0 Å². The molecule has 4 heteroatoms. The van der Waals surface area contributed by atoms with Gasteiger partial charge in [-0.1, -0.05) is 41.9 Å². The van der Waals surface area contributed by atoms with E-state index in [2.05, 4.69) is 29.4 Å². The van der Waals surface area contributed by atoms with Crippen LogP contribution in [0.5, 0.6) is 0 Å². The van der Waals surface area contributed by atoms with Crippen molar-refractivity contribution in [3.63, 3.8) is 0 Å². The highest BCUT2D eigenvalue weighted by Crippen LogP contribution is 2.21. The molecule has 0 radical (unpaired) electrons. The Morgan fingerprint density at radius 2 is 2.00 bits per heavy atom. The van der Waals surface area contributed by atoms with Crippen LogP contribution in [0.4, 0.5) is 0 Å². The fourth-order valence-electron chi connectivity index (χ4n) is 2.25. The third kappa shape index (κ3) is 3.58. The smallest absolute Gasteiger partial charge is 0.0847 e. The van der Waals surface area contributed by atoms with Crippen LogP contribution in [0.2, 0.25) is 5.02 Å². The van der Waals surface area contributed by atoms with E-state index in [1.807, 2.05) is 24.7 Å². The molecule has 2 N–H and O–H groups in total. The van der Waals surface area contributed by atoms with E-state index in [1.54, 1.807) is 0 Å². The van der Waals surface area contributed by atoms with Crippen molar-refractivity contribution in [2.75, 3.05) is 0 Å². The molecule has 2 rings (SSSR count). The van der Waals surface area contributed by atoms with Gasteiger partial charge in [0, 0.05) is 19.5 Å². The second kappa shape index (κ2) is 6.22. The highest BCUT2D eigenvalue weighted by atomic mass is 35.5. The molecule has 1 unspecified atom stereocenters. The summed E-state index contributed by atoms with van der Waals surface area (Å²) in [5, 5.41) is 5.06. The van der Waals surface area contributed by atoms with Crippen molar-refractivity contribution in [3.8, 4) is 0 Å². The Kier molecular flexibility index (Phi) is 4.61. The van der Waals surface area contributed by atoms with E-state index < -0.39 is 0 Å². The summed E-state index contributed by atoms with van der Waals surface area (Å²) in [6.07, 6.45) is 2.71. The summed E-state index contributed by atoms with van der Waals surface area (Å²) >= 11 is 6.24. The molecule has 0 spiro atoms. The van der Waals surface area contributed by atoms with Crippen molar-refractivity contribution in [2.45, 2.75) is 32.2 Å². The van der Waals surface area contributed by atoms with E-state index in [9.17, 15) is 0 Å². The molecular weight excluding hydrogens is 258 g/mol. The van der Waals surface area contributed by atoms with E-state index in [0.717, 1.165) is 35.7 Å². The monoisotopic (exact) mass is 277 g/mol. The van der Waals surface area contributed by atoms with Gasteiger partial charge in [0.1, 0.15) is 0 Å². The van der Waals surface area contributed by atoms with Gasteiger partial charge in [0.25, 0.3) is 0 Å². The molecule has 2 aromatic rings. The van der Waals surface area contributed by atoms with Crippen LogP contribution in [0, 0.1) is 6.92 Å². The number of aromatic nitrogens is 2. The van der Waals surface area contributed by atoms with E-state index >= 15 is 0 Å². The van der Waals surface area contributed by atoms with Gasteiger partial charge in [-0.3, -0.25) is 4.68 Å². The third-order valence-electron chi connectivity index (χ3n) is 3.36.